The van der Waals surface area contributed by atoms with E-state index in [1.54, 1.807) is 17.2 Å². The lowest BCUT2D eigenvalue weighted by Gasteiger charge is -2.33. The number of anilines is 4. The number of ether oxygens (including phenoxy) is 1. The van der Waals surface area contributed by atoms with Crippen LogP contribution in [0.4, 0.5) is 27.5 Å². The van der Waals surface area contributed by atoms with E-state index in [1.165, 1.54) is 12.1 Å². The van der Waals surface area contributed by atoms with Gasteiger partial charge in [-0.3, -0.25) is 4.79 Å². The fraction of sp³-hybridized carbons (Fsp3) is 0.375. The molecule has 5 rings (SSSR count). The second kappa shape index (κ2) is 10.1. The van der Waals surface area contributed by atoms with E-state index >= 15 is 0 Å². The molecule has 184 valence electrons. The van der Waals surface area contributed by atoms with Gasteiger partial charge in [0.25, 0.3) is 0 Å². The Kier molecular flexibility index (Phi) is 6.74. The van der Waals surface area contributed by atoms with Gasteiger partial charge in [-0.25, -0.2) is 4.39 Å². The summed E-state index contributed by atoms with van der Waals surface area (Å²) >= 11 is 6.40. The predicted molar refractivity (Wildman–Crippen MR) is 135 cm³/mol. The molecule has 0 saturated carbocycles. The second-order valence-electron chi connectivity index (χ2n) is 8.62. The van der Waals surface area contributed by atoms with Crippen molar-refractivity contribution in [2.24, 2.45) is 0 Å². The lowest BCUT2D eigenvalue weighted by molar-refractivity contribution is -0.127. The predicted octanol–water partition coefficient (Wildman–Crippen LogP) is 3.92. The topological polar surface area (TPSA) is 98.4 Å². The molecule has 2 fully saturated rings. The number of hydrogen-bond acceptors (Lipinski definition) is 7. The summed E-state index contributed by atoms with van der Waals surface area (Å²) in [7, 11) is 0. The van der Waals surface area contributed by atoms with Crippen molar-refractivity contribution in [2.45, 2.75) is 18.9 Å². The van der Waals surface area contributed by atoms with E-state index in [0.717, 1.165) is 31.6 Å². The van der Waals surface area contributed by atoms with E-state index in [1.807, 2.05) is 6.07 Å². The maximum absolute atomic E-state index is 15.0. The van der Waals surface area contributed by atoms with Crippen LogP contribution < -0.4 is 15.5 Å². The number of fused-ring (bicyclic) bond motifs is 1. The van der Waals surface area contributed by atoms with Crippen molar-refractivity contribution >= 4 is 51.7 Å². The van der Waals surface area contributed by atoms with E-state index in [2.05, 4.69) is 37.1 Å². The molecule has 2 aromatic heterocycles. The highest BCUT2D eigenvalue weighted by Gasteiger charge is 2.24. The van der Waals surface area contributed by atoms with Crippen molar-refractivity contribution < 1.29 is 13.9 Å². The fourth-order valence-electron chi connectivity index (χ4n) is 4.52. The molecule has 35 heavy (non-hydrogen) atoms. The van der Waals surface area contributed by atoms with Crippen LogP contribution in [0.25, 0.3) is 11.0 Å². The zero-order chi connectivity index (χ0) is 24.4. The highest BCUT2D eigenvalue weighted by Crippen LogP contribution is 2.32. The fourth-order valence-corrected chi connectivity index (χ4v) is 4.75. The average Bonchev–Trinajstić information content (AvgIpc) is 3.26. The Labute approximate surface area is 207 Å². The molecular weight excluding hydrogens is 473 g/mol. The van der Waals surface area contributed by atoms with Gasteiger partial charge in [0.1, 0.15) is 17.3 Å². The normalized spacial score (nSPS) is 18.5. The van der Waals surface area contributed by atoms with E-state index < -0.39 is 5.82 Å². The Morgan fingerprint density at radius 2 is 2.11 bits per heavy atom. The van der Waals surface area contributed by atoms with Crippen LogP contribution in [-0.2, 0) is 9.53 Å². The molecule has 2 aliphatic heterocycles. The van der Waals surface area contributed by atoms with Crippen molar-refractivity contribution in [3.8, 4) is 0 Å². The summed E-state index contributed by atoms with van der Waals surface area (Å²) in [5, 5.41) is 7.54. The maximum Gasteiger partial charge on any atom is 0.246 e. The number of morpholine rings is 1. The van der Waals surface area contributed by atoms with Crippen LogP contribution in [0.1, 0.15) is 12.8 Å². The number of nitrogens with one attached hydrogen (secondary N) is 3. The molecule has 1 aromatic carbocycles. The van der Waals surface area contributed by atoms with Crippen LogP contribution in [0.15, 0.2) is 37.1 Å². The molecule has 1 atom stereocenters. The van der Waals surface area contributed by atoms with Gasteiger partial charge in [0.15, 0.2) is 0 Å². The molecule has 2 aliphatic rings. The Hall–Kier alpha value is -3.37. The summed E-state index contributed by atoms with van der Waals surface area (Å²) in [5.74, 6) is 0.253. The number of aromatic nitrogens is 3. The molecule has 3 aromatic rings. The van der Waals surface area contributed by atoms with Gasteiger partial charge in [0.2, 0.25) is 11.9 Å². The first-order valence-electron chi connectivity index (χ1n) is 11.6. The molecule has 9 nitrogen and oxygen atoms in total. The number of benzene rings is 1. The van der Waals surface area contributed by atoms with Crippen molar-refractivity contribution in [3.63, 3.8) is 0 Å². The minimum atomic E-state index is -0.400. The standard InChI is InChI=1S/C24H27ClFN7O2/c1-2-20(34)33-7-3-4-15(14-33)28-23-21-17(25)13-27-22(21)30-24(31-23)29-19-6-5-16(12-18(19)26)32-8-10-35-11-9-32/h2,5-6,12-13,15H,1,3-4,7-11,14H2,(H3,27,28,29,30,31)/t15-/m1/s1. The van der Waals surface area contributed by atoms with Gasteiger partial charge in [-0.05, 0) is 37.1 Å². The number of H-pyrrole nitrogens is 1. The van der Waals surface area contributed by atoms with Gasteiger partial charge >= 0.3 is 0 Å². The summed E-state index contributed by atoms with van der Waals surface area (Å²) in [4.78, 5) is 28.1. The van der Waals surface area contributed by atoms with Crippen LogP contribution in [0, 0.1) is 5.82 Å². The van der Waals surface area contributed by atoms with Crippen molar-refractivity contribution in [1.82, 2.24) is 19.9 Å². The third-order valence-corrected chi connectivity index (χ3v) is 6.61. The molecule has 0 spiro atoms. The molecule has 4 heterocycles. The molecule has 1 amide bonds. The van der Waals surface area contributed by atoms with Crippen LogP contribution >= 0.6 is 11.6 Å². The molecule has 0 bridgehead atoms. The first-order chi connectivity index (χ1) is 17.0. The number of amides is 1. The number of nitrogens with zero attached hydrogens (tertiary/aromatic N) is 4. The van der Waals surface area contributed by atoms with Crippen molar-refractivity contribution in [3.05, 3.63) is 47.9 Å². The van der Waals surface area contributed by atoms with Crippen molar-refractivity contribution in [2.75, 3.05) is 54.9 Å². The third-order valence-electron chi connectivity index (χ3n) is 6.31. The molecular formula is C24H27ClFN7O2. The second-order valence-corrected chi connectivity index (χ2v) is 9.02. The summed E-state index contributed by atoms with van der Waals surface area (Å²) in [5.41, 5.74) is 1.60. The molecule has 11 heteroatoms. The Morgan fingerprint density at radius 1 is 1.29 bits per heavy atom. The minimum Gasteiger partial charge on any atom is -0.378 e. The highest BCUT2D eigenvalue weighted by atomic mass is 35.5. The number of carbonyl (C=O) groups is 1. The summed E-state index contributed by atoms with van der Waals surface area (Å²) < 4.78 is 20.3. The van der Waals surface area contributed by atoms with E-state index in [9.17, 15) is 9.18 Å². The lowest BCUT2D eigenvalue weighted by atomic mass is 10.1. The highest BCUT2D eigenvalue weighted by molar-refractivity contribution is 6.36. The summed E-state index contributed by atoms with van der Waals surface area (Å²) in [6.45, 7) is 7.51. The molecule has 2 saturated heterocycles. The van der Waals surface area contributed by atoms with Crippen molar-refractivity contribution in [1.29, 1.82) is 0 Å². The first kappa shape index (κ1) is 23.4. The SMILES string of the molecule is C=CC(=O)N1CCC[C@@H](Nc2nc(Nc3ccc(N4CCOCC4)cc3F)nc3[nH]cc(Cl)c23)C1. The van der Waals surface area contributed by atoms with Crippen LogP contribution in [-0.4, -0.2) is 71.2 Å². The Balaban J connectivity index is 1.39. The molecule has 0 aliphatic carbocycles. The van der Waals surface area contributed by atoms with Crippen LogP contribution in [0.3, 0.4) is 0 Å². The Morgan fingerprint density at radius 3 is 2.89 bits per heavy atom. The van der Waals surface area contributed by atoms with Gasteiger partial charge in [-0.2, -0.15) is 9.97 Å². The number of hydrogen-bond donors (Lipinski definition) is 3. The average molecular weight is 500 g/mol. The van der Waals surface area contributed by atoms with E-state index in [0.29, 0.717) is 48.2 Å². The first-order valence-corrected chi connectivity index (χ1v) is 12.0. The molecule has 0 radical (unpaired) electrons. The number of halogens is 2. The maximum atomic E-state index is 15.0. The van der Waals surface area contributed by atoms with Gasteiger partial charge < -0.3 is 30.2 Å². The van der Waals surface area contributed by atoms with Crippen LogP contribution in [0.2, 0.25) is 5.02 Å². The smallest absolute Gasteiger partial charge is 0.246 e. The minimum absolute atomic E-state index is 0.0193. The number of carbonyl (C=O) groups excluding carboxylic acids is 1. The number of rotatable bonds is 6. The van der Waals surface area contributed by atoms with E-state index in [4.69, 9.17) is 16.3 Å². The van der Waals surface area contributed by atoms with Gasteiger partial charge in [0, 0.05) is 44.1 Å². The number of likely N-dealkylation sites (tertiary alicyclic amines) is 1. The van der Waals surface area contributed by atoms with E-state index in [-0.39, 0.29) is 23.6 Å². The lowest BCUT2D eigenvalue weighted by Crippen LogP contribution is -2.44. The summed E-state index contributed by atoms with van der Waals surface area (Å²) in [6, 6.07) is 5.04. The third kappa shape index (κ3) is 5.03. The van der Waals surface area contributed by atoms with Gasteiger partial charge in [-0.1, -0.05) is 18.2 Å². The Bertz CT molecular complexity index is 1240. The summed E-state index contributed by atoms with van der Waals surface area (Å²) in [6.07, 6.45) is 4.70. The quantitative estimate of drug-likeness (QED) is 0.442. The molecule has 3 N–H and O–H groups in total. The van der Waals surface area contributed by atoms with Gasteiger partial charge in [0.05, 0.1) is 29.3 Å². The number of aromatic amines is 1. The monoisotopic (exact) mass is 499 g/mol. The largest absolute Gasteiger partial charge is 0.378 e. The number of piperidine rings is 1. The zero-order valence-electron chi connectivity index (χ0n) is 19.2. The van der Waals surface area contributed by atoms with Crippen LogP contribution in [0.5, 0.6) is 0 Å². The van der Waals surface area contributed by atoms with Gasteiger partial charge in [-0.15, -0.1) is 0 Å². The zero-order valence-corrected chi connectivity index (χ0v) is 19.9. The molecule has 0 unspecified atom stereocenters.